The molecule has 0 spiro atoms. The molecular weight excluding hydrogens is 176 g/mol. The van der Waals surface area contributed by atoms with E-state index in [1.165, 1.54) is 5.56 Å². The Morgan fingerprint density at radius 3 is 2.71 bits per heavy atom. The first-order valence-corrected chi connectivity index (χ1v) is 5.12. The lowest BCUT2D eigenvalue weighted by Crippen LogP contribution is -2.04. The number of ether oxygens (including phenoxy) is 1. The van der Waals surface area contributed by atoms with Crippen LogP contribution < -0.4 is 4.74 Å². The van der Waals surface area contributed by atoms with Gasteiger partial charge >= 0.3 is 0 Å². The normalized spacial score (nSPS) is 12.5. The zero-order valence-corrected chi connectivity index (χ0v) is 8.86. The van der Waals surface area contributed by atoms with Gasteiger partial charge < -0.3 is 9.84 Å². The van der Waals surface area contributed by atoms with Gasteiger partial charge in [0.15, 0.2) is 0 Å². The summed E-state index contributed by atoms with van der Waals surface area (Å²) in [6, 6.07) is 8.02. The summed E-state index contributed by atoms with van der Waals surface area (Å²) in [5.74, 6) is 1.40. The first-order chi connectivity index (χ1) is 6.79. The fourth-order valence-electron chi connectivity index (χ4n) is 1.39. The second-order valence-electron chi connectivity index (χ2n) is 3.42. The van der Waals surface area contributed by atoms with E-state index in [1.54, 1.807) is 0 Å². The highest BCUT2D eigenvalue weighted by Crippen LogP contribution is 2.28. The minimum absolute atomic E-state index is 0.0643. The number of hydrogen-bond donors (Lipinski definition) is 1. The van der Waals surface area contributed by atoms with E-state index in [-0.39, 0.29) is 6.61 Å². The lowest BCUT2D eigenvalue weighted by molar-refractivity contribution is 0.200. The van der Waals surface area contributed by atoms with Crippen molar-refractivity contribution in [3.05, 3.63) is 29.8 Å². The molecule has 1 aromatic rings. The Morgan fingerprint density at radius 1 is 1.36 bits per heavy atom. The highest BCUT2D eigenvalue weighted by atomic mass is 16.5. The second kappa shape index (κ2) is 5.66. The van der Waals surface area contributed by atoms with E-state index in [2.05, 4.69) is 19.9 Å². The van der Waals surface area contributed by atoms with E-state index in [9.17, 15) is 0 Å². The molecule has 78 valence electrons. The number of para-hydroxylation sites is 1. The van der Waals surface area contributed by atoms with Gasteiger partial charge in [-0.3, -0.25) is 0 Å². The topological polar surface area (TPSA) is 29.5 Å². The number of rotatable bonds is 5. The van der Waals surface area contributed by atoms with E-state index in [1.807, 2.05) is 18.2 Å². The third-order valence-corrected chi connectivity index (χ3v) is 2.41. The van der Waals surface area contributed by atoms with Gasteiger partial charge in [0, 0.05) is 0 Å². The van der Waals surface area contributed by atoms with Crippen molar-refractivity contribution in [2.75, 3.05) is 13.2 Å². The minimum Gasteiger partial charge on any atom is -0.491 e. The summed E-state index contributed by atoms with van der Waals surface area (Å²) in [5, 5.41) is 8.69. The Bertz CT molecular complexity index is 271. The van der Waals surface area contributed by atoms with E-state index in [0.29, 0.717) is 12.5 Å². The largest absolute Gasteiger partial charge is 0.491 e. The zero-order valence-electron chi connectivity index (χ0n) is 8.86. The van der Waals surface area contributed by atoms with Gasteiger partial charge in [-0.2, -0.15) is 0 Å². The molecule has 2 nitrogen and oxygen atoms in total. The maximum atomic E-state index is 8.69. The van der Waals surface area contributed by atoms with Crippen molar-refractivity contribution in [2.45, 2.75) is 26.2 Å². The molecule has 0 saturated heterocycles. The van der Waals surface area contributed by atoms with Crippen LogP contribution in [0.1, 0.15) is 31.7 Å². The van der Waals surface area contributed by atoms with Crippen LogP contribution in [-0.2, 0) is 0 Å². The van der Waals surface area contributed by atoms with Crippen LogP contribution in [0.25, 0.3) is 0 Å². The molecule has 1 rings (SSSR count). The standard InChI is InChI=1S/C12H18O2/c1-3-10(2)11-6-4-5-7-12(11)14-9-8-13/h4-7,10,13H,3,8-9H2,1-2H3. The average Bonchev–Trinajstić information content (AvgIpc) is 2.25. The molecule has 0 radical (unpaired) electrons. The predicted molar refractivity (Wildman–Crippen MR) is 57.7 cm³/mol. The van der Waals surface area contributed by atoms with Gasteiger partial charge in [0.2, 0.25) is 0 Å². The molecule has 0 aliphatic carbocycles. The minimum atomic E-state index is 0.0643. The molecule has 0 heterocycles. The monoisotopic (exact) mass is 194 g/mol. The third kappa shape index (κ3) is 2.74. The molecule has 1 unspecified atom stereocenters. The first kappa shape index (κ1) is 11.1. The van der Waals surface area contributed by atoms with E-state index < -0.39 is 0 Å². The molecule has 0 bridgehead atoms. The Kier molecular flexibility index (Phi) is 4.47. The van der Waals surface area contributed by atoms with Crippen LogP contribution >= 0.6 is 0 Å². The van der Waals surface area contributed by atoms with Gasteiger partial charge in [-0.15, -0.1) is 0 Å². The van der Waals surface area contributed by atoms with E-state index >= 15 is 0 Å². The Labute approximate surface area is 85.5 Å². The molecule has 0 aromatic heterocycles. The summed E-state index contributed by atoms with van der Waals surface area (Å²) in [6.45, 7) is 4.77. The SMILES string of the molecule is CCC(C)c1ccccc1OCCO. The summed E-state index contributed by atoms with van der Waals surface area (Å²) < 4.78 is 5.46. The summed E-state index contributed by atoms with van der Waals surface area (Å²) in [4.78, 5) is 0. The van der Waals surface area contributed by atoms with Gasteiger partial charge in [0.05, 0.1) is 6.61 Å². The van der Waals surface area contributed by atoms with E-state index in [4.69, 9.17) is 9.84 Å². The van der Waals surface area contributed by atoms with Crippen molar-refractivity contribution in [3.8, 4) is 5.75 Å². The Hall–Kier alpha value is -1.02. The summed E-state index contributed by atoms with van der Waals surface area (Å²) >= 11 is 0. The molecule has 0 aliphatic rings. The average molecular weight is 194 g/mol. The lowest BCUT2D eigenvalue weighted by atomic mass is 9.98. The van der Waals surface area contributed by atoms with Gasteiger partial charge in [0.25, 0.3) is 0 Å². The van der Waals surface area contributed by atoms with Crippen LogP contribution in [0.15, 0.2) is 24.3 Å². The quantitative estimate of drug-likeness (QED) is 0.780. The van der Waals surface area contributed by atoms with Crippen LogP contribution in [0, 0.1) is 0 Å². The summed E-state index contributed by atoms with van der Waals surface area (Å²) in [6.07, 6.45) is 1.10. The lowest BCUT2D eigenvalue weighted by Gasteiger charge is -2.14. The van der Waals surface area contributed by atoms with Gasteiger partial charge in [-0.1, -0.05) is 32.0 Å². The van der Waals surface area contributed by atoms with Crippen LogP contribution in [0.4, 0.5) is 0 Å². The van der Waals surface area contributed by atoms with Crippen molar-refractivity contribution >= 4 is 0 Å². The fourth-order valence-corrected chi connectivity index (χ4v) is 1.39. The molecule has 0 saturated carbocycles. The van der Waals surface area contributed by atoms with E-state index in [0.717, 1.165) is 12.2 Å². The third-order valence-electron chi connectivity index (χ3n) is 2.41. The molecule has 1 aromatic carbocycles. The molecule has 0 amide bonds. The van der Waals surface area contributed by atoms with Crippen LogP contribution in [0.5, 0.6) is 5.75 Å². The number of aliphatic hydroxyl groups is 1. The second-order valence-corrected chi connectivity index (χ2v) is 3.42. The van der Waals surface area contributed by atoms with Gasteiger partial charge in [0.1, 0.15) is 12.4 Å². The maximum absolute atomic E-state index is 8.69. The Balaban J connectivity index is 2.79. The van der Waals surface area contributed by atoms with Crippen LogP contribution in [0.3, 0.4) is 0 Å². The molecule has 1 atom stereocenters. The number of hydrogen-bond acceptors (Lipinski definition) is 2. The predicted octanol–water partition coefficient (Wildman–Crippen LogP) is 2.57. The number of benzene rings is 1. The van der Waals surface area contributed by atoms with Crippen molar-refractivity contribution in [2.24, 2.45) is 0 Å². The summed E-state index contributed by atoms with van der Waals surface area (Å²) in [5.41, 5.74) is 1.23. The number of aliphatic hydroxyl groups excluding tert-OH is 1. The Morgan fingerprint density at radius 2 is 2.07 bits per heavy atom. The summed E-state index contributed by atoms with van der Waals surface area (Å²) in [7, 11) is 0. The van der Waals surface area contributed by atoms with Crippen molar-refractivity contribution in [3.63, 3.8) is 0 Å². The highest BCUT2D eigenvalue weighted by Gasteiger charge is 2.08. The fraction of sp³-hybridized carbons (Fsp3) is 0.500. The first-order valence-electron chi connectivity index (χ1n) is 5.12. The smallest absolute Gasteiger partial charge is 0.122 e. The van der Waals surface area contributed by atoms with Crippen LogP contribution in [-0.4, -0.2) is 18.3 Å². The highest BCUT2D eigenvalue weighted by molar-refractivity contribution is 5.35. The zero-order chi connectivity index (χ0) is 10.4. The van der Waals surface area contributed by atoms with Crippen LogP contribution in [0.2, 0.25) is 0 Å². The van der Waals surface area contributed by atoms with Gasteiger partial charge in [-0.25, -0.2) is 0 Å². The molecule has 2 heteroatoms. The molecular formula is C12H18O2. The van der Waals surface area contributed by atoms with Crippen molar-refractivity contribution < 1.29 is 9.84 Å². The molecule has 0 fully saturated rings. The molecule has 14 heavy (non-hydrogen) atoms. The molecule has 1 N–H and O–H groups in total. The molecule has 0 aliphatic heterocycles. The van der Waals surface area contributed by atoms with Gasteiger partial charge in [-0.05, 0) is 24.0 Å². The van der Waals surface area contributed by atoms with Crippen molar-refractivity contribution in [1.82, 2.24) is 0 Å². The maximum Gasteiger partial charge on any atom is 0.122 e. The van der Waals surface area contributed by atoms with Crippen molar-refractivity contribution in [1.29, 1.82) is 0 Å².